The largest absolute Gasteiger partial charge is 0.481 e. The number of amides is 2. The summed E-state index contributed by atoms with van der Waals surface area (Å²) in [6.45, 7) is 5.77. The van der Waals surface area contributed by atoms with Gasteiger partial charge in [-0.25, -0.2) is 4.79 Å². The van der Waals surface area contributed by atoms with Crippen LogP contribution in [0.5, 0.6) is 0 Å². The Morgan fingerprint density at radius 3 is 2.06 bits per heavy atom. The van der Waals surface area contributed by atoms with Gasteiger partial charge in [0.2, 0.25) is 5.91 Å². The Hall–Kier alpha value is -3.35. The predicted octanol–water partition coefficient (Wildman–Crippen LogP) is 4.31. The van der Waals surface area contributed by atoms with Gasteiger partial charge in [-0.2, -0.15) is 0 Å². The van der Waals surface area contributed by atoms with Gasteiger partial charge in [0.05, 0.1) is 6.42 Å². The normalized spacial score (nSPS) is 14.2. The van der Waals surface area contributed by atoms with Crippen LogP contribution in [0.25, 0.3) is 11.1 Å². The standard InChI is InChI=1S/C26H32N2O5/c1-4-9-22(25(31)27-23(16(2)3)14-24(29)30)28-26(32)33-15-21-19-12-7-5-10-17(19)18-11-6-8-13-20(18)21/h5-8,10-13,16,21-23H,4,9,14-15H2,1-3H3,(H,27,31)(H,28,32)(H,29,30)/t22-,23-/m1/s1. The monoisotopic (exact) mass is 452 g/mol. The second-order valence-electron chi connectivity index (χ2n) is 8.77. The third-order valence-electron chi connectivity index (χ3n) is 6.06. The first-order valence-corrected chi connectivity index (χ1v) is 11.5. The molecule has 7 nitrogen and oxygen atoms in total. The van der Waals surface area contributed by atoms with Crippen molar-refractivity contribution in [2.45, 2.75) is 58.0 Å². The highest BCUT2D eigenvalue weighted by atomic mass is 16.5. The Labute approximate surface area is 194 Å². The minimum absolute atomic E-state index is 0.0539. The van der Waals surface area contributed by atoms with Crippen LogP contribution in [-0.4, -0.2) is 41.8 Å². The molecule has 0 saturated heterocycles. The smallest absolute Gasteiger partial charge is 0.407 e. The summed E-state index contributed by atoms with van der Waals surface area (Å²) < 4.78 is 5.56. The Kier molecular flexibility index (Phi) is 8.09. The van der Waals surface area contributed by atoms with E-state index >= 15 is 0 Å². The van der Waals surface area contributed by atoms with Gasteiger partial charge in [-0.1, -0.05) is 75.7 Å². The van der Waals surface area contributed by atoms with Crippen molar-refractivity contribution in [3.05, 3.63) is 59.7 Å². The van der Waals surface area contributed by atoms with Gasteiger partial charge in [-0.05, 0) is 34.6 Å². The molecule has 0 fully saturated rings. The van der Waals surface area contributed by atoms with Crippen molar-refractivity contribution in [2.75, 3.05) is 6.61 Å². The van der Waals surface area contributed by atoms with Crippen LogP contribution < -0.4 is 10.6 Å². The van der Waals surface area contributed by atoms with Gasteiger partial charge in [0.1, 0.15) is 12.6 Å². The van der Waals surface area contributed by atoms with E-state index < -0.39 is 30.1 Å². The molecule has 1 aliphatic carbocycles. The Morgan fingerprint density at radius 1 is 0.970 bits per heavy atom. The SMILES string of the molecule is CCC[C@@H](NC(=O)OCC1c2ccccc2-c2ccccc21)C(=O)N[C@H](CC(=O)O)C(C)C. The Morgan fingerprint density at radius 2 is 1.55 bits per heavy atom. The van der Waals surface area contributed by atoms with Crippen molar-refractivity contribution in [1.29, 1.82) is 0 Å². The average Bonchev–Trinajstić information content (AvgIpc) is 3.10. The van der Waals surface area contributed by atoms with Gasteiger partial charge in [-0.3, -0.25) is 9.59 Å². The zero-order valence-electron chi connectivity index (χ0n) is 19.3. The van der Waals surface area contributed by atoms with Crippen molar-refractivity contribution in [3.8, 4) is 11.1 Å². The van der Waals surface area contributed by atoms with Gasteiger partial charge >= 0.3 is 12.1 Å². The van der Waals surface area contributed by atoms with E-state index in [0.717, 1.165) is 22.3 Å². The number of ether oxygens (including phenoxy) is 1. The number of aliphatic carboxylic acids is 1. The fraction of sp³-hybridized carbons (Fsp3) is 0.423. The zero-order valence-corrected chi connectivity index (χ0v) is 19.3. The summed E-state index contributed by atoms with van der Waals surface area (Å²) >= 11 is 0. The molecule has 0 spiro atoms. The summed E-state index contributed by atoms with van der Waals surface area (Å²) in [6, 6.07) is 14.9. The number of alkyl carbamates (subject to hydrolysis) is 1. The van der Waals surface area contributed by atoms with Crippen LogP contribution in [-0.2, 0) is 14.3 Å². The lowest BCUT2D eigenvalue weighted by atomic mass is 9.98. The number of fused-ring (bicyclic) bond motifs is 3. The first kappa shape index (κ1) is 24.3. The van der Waals surface area contributed by atoms with Crippen LogP contribution >= 0.6 is 0 Å². The molecule has 1 aliphatic rings. The topological polar surface area (TPSA) is 105 Å². The van der Waals surface area contributed by atoms with Gasteiger partial charge in [0.25, 0.3) is 0 Å². The van der Waals surface area contributed by atoms with Crippen LogP contribution in [0.15, 0.2) is 48.5 Å². The molecule has 33 heavy (non-hydrogen) atoms. The molecule has 3 N–H and O–H groups in total. The molecular formula is C26H32N2O5. The molecule has 0 aliphatic heterocycles. The lowest BCUT2D eigenvalue weighted by Gasteiger charge is -2.25. The van der Waals surface area contributed by atoms with E-state index in [4.69, 9.17) is 9.84 Å². The Balaban J connectivity index is 1.64. The molecule has 7 heteroatoms. The van der Waals surface area contributed by atoms with Crippen LogP contribution in [0.2, 0.25) is 0 Å². The number of carboxylic acid groups (broad SMARTS) is 1. The molecule has 2 amide bonds. The highest BCUT2D eigenvalue weighted by Crippen LogP contribution is 2.44. The van der Waals surface area contributed by atoms with Crippen molar-refractivity contribution < 1.29 is 24.2 Å². The Bertz CT molecular complexity index is 958. The minimum atomic E-state index is -0.981. The summed E-state index contributed by atoms with van der Waals surface area (Å²) in [5.41, 5.74) is 4.51. The quantitative estimate of drug-likeness (QED) is 0.498. The molecule has 2 atom stereocenters. The fourth-order valence-electron chi connectivity index (χ4n) is 4.26. The maximum atomic E-state index is 12.8. The number of rotatable bonds is 10. The van der Waals surface area contributed by atoms with Crippen LogP contribution in [0, 0.1) is 5.92 Å². The summed E-state index contributed by atoms with van der Waals surface area (Å²) in [6.07, 6.45) is 0.263. The highest BCUT2D eigenvalue weighted by molar-refractivity contribution is 5.86. The lowest BCUT2D eigenvalue weighted by Crippen LogP contribution is -2.51. The van der Waals surface area contributed by atoms with E-state index in [9.17, 15) is 14.4 Å². The van der Waals surface area contributed by atoms with E-state index in [-0.39, 0.29) is 24.9 Å². The number of hydrogen-bond donors (Lipinski definition) is 3. The van der Waals surface area contributed by atoms with Crippen LogP contribution in [0.1, 0.15) is 57.1 Å². The van der Waals surface area contributed by atoms with E-state index in [0.29, 0.717) is 12.8 Å². The van der Waals surface area contributed by atoms with E-state index in [1.807, 2.05) is 57.2 Å². The maximum absolute atomic E-state index is 12.8. The van der Waals surface area contributed by atoms with Crippen LogP contribution in [0.4, 0.5) is 4.79 Å². The number of nitrogens with one attached hydrogen (secondary N) is 2. The molecule has 176 valence electrons. The van der Waals surface area contributed by atoms with Gasteiger partial charge in [0, 0.05) is 12.0 Å². The molecular weight excluding hydrogens is 420 g/mol. The van der Waals surface area contributed by atoms with Crippen LogP contribution in [0.3, 0.4) is 0 Å². The fourth-order valence-corrected chi connectivity index (χ4v) is 4.26. The molecule has 0 radical (unpaired) electrons. The first-order valence-electron chi connectivity index (χ1n) is 11.5. The summed E-state index contributed by atoms with van der Waals surface area (Å²) in [7, 11) is 0. The molecule has 0 saturated carbocycles. The molecule has 0 bridgehead atoms. The number of benzene rings is 2. The van der Waals surface area contributed by atoms with Gasteiger partial charge in [0.15, 0.2) is 0 Å². The molecule has 2 aromatic rings. The second-order valence-corrected chi connectivity index (χ2v) is 8.77. The summed E-state index contributed by atoms with van der Waals surface area (Å²) in [5.74, 6) is -1.50. The van der Waals surface area contributed by atoms with Gasteiger partial charge < -0.3 is 20.5 Å². The van der Waals surface area contributed by atoms with Gasteiger partial charge in [-0.15, -0.1) is 0 Å². The third kappa shape index (κ3) is 5.92. The van der Waals surface area contributed by atoms with E-state index in [1.54, 1.807) is 0 Å². The minimum Gasteiger partial charge on any atom is -0.481 e. The number of carboxylic acids is 1. The third-order valence-corrected chi connectivity index (χ3v) is 6.06. The predicted molar refractivity (Wildman–Crippen MR) is 126 cm³/mol. The number of carbonyl (C=O) groups is 3. The first-order chi connectivity index (χ1) is 15.8. The highest BCUT2D eigenvalue weighted by Gasteiger charge is 2.30. The molecule has 2 aromatic carbocycles. The van der Waals surface area contributed by atoms with E-state index in [1.165, 1.54) is 0 Å². The van der Waals surface area contributed by atoms with E-state index in [2.05, 4.69) is 22.8 Å². The molecule has 3 rings (SSSR count). The maximum Gasteiger partial charge on any atom is 0.407 e. The lowest BCUT2D eigenvalue weighted by molar-refractivity contribution is -0.138. The zero-order chi connectivity index (χ0) is 24.0. The molecule has 0 heterocycles. The average molecular weight is 453 g/mol. The van der Waals surface area contributed by atoms with Crippen molar-refractivity contribution >= 4 is 18.0 Å². The number of hydrogen-bond acceptors (Lipinski definition) is 4. The summed E-state index contributed by atoms with van der Waals surface area (Å²) in [4.78, 5) is 36.5. The van der Waals surface area contributed by atoms with Crippen molar-refractivity contribution in [1.82, 2.24) is 10.6 Å². The van der Waals surface area contributed by atoms with Crippen molar-refractivity contribution in [2.24, 2.45) is 5.92 Å². The molecule has 0 unspecified atom stereocenters. The van der Waals surface area contributed by atoms with Crippen molar-refractivity contribution in [3.63, 3.8) is 0 Å². The summed E-state index contributed by atoms with van der Waals surface area (Å²) in [5, 5.41) is 14.5. The molecule has 0 aromatic heterocycles. The number of carbonyl (C=O) groups excluding carboxylic acids is 2. The second kappa shape index (κ2) is 11.0.